The van der Waals surface area contributed by atoms with Crippen LogP contribution in [0.4, 0.5) is 0 Å². The number of carbonyl (C=O) groups is 1. The van der Waals surface area contributed by atoms with Crippen LogP contribution in [0.2, 0.25) is 0 Å². The van der Waals surface area contributed by atoms with E-state index in [0.717, 1.165) is 30.9 Å². The second-order valence-corrected chi connectivity index (χ2v) is 5.54. The maximum Gasteiger partial charge on any atom is 0.261 e. The van der Waals surface area contributed by atoms with Crippen LogP contribution in [0.25, 0.3) is 10.1 Å². The third-order valence-corrected chi connectivity index (χ3v) is 4.53. The Bertz CT molecular complexity index is 603. The van der Waals surface area contributed by atoms with E-state index in [1.807, 2.05) is 0 Å². The van der Waals surface area contributed by atoms with Gasteiger partial charge in [0.05, 0.1) is 11.5 Å². The number of rotatable bonds is 3. The van der Waals surface area contributed by atoms with Crippen LogP contribution in [0, 0.1) is 0 Å². The van der Waals surface area contributed by atoms with Crippen LogP contribution < -0.4 is 5.32 Å². The molecular formula is C14H15NO2S. The van der Waals surface area contributed by atoms with Crippen LogP contribution in [0.3, 0.4) is 0 Å². The summed E-state index contributed by atoms with van der Waals surface area (Å²) in [5, 5.41) is 4.15. The second-order valence-electron chi connectivity index (χ2n) is 4.49. The maximum absolute atomic E-state index is 11.8. The topological polar surface area (TPSA) is 38.3 Å². The average molecular weight is 261 g/mol. The minimum Gasteiger partial charge on any atom is -0.384 e. The van der Waals surface area contributed by atoms with Gasteiger partial charge in [0.15, 0.2) is 0 Å². The molecule has 0 radical (unpaired) electrons. The predicted molar refractivity (Wildman–Crippen MR) is 73.4 cm³/mol. The van der Waals surface area contributed by atoms with Crippen molar-refractivity contribution in [1.29, 1.82) is 0 Å². The monoisotopic (exact) mass is 261 g/mol. The molecule has 4 heteroatoms. The number of hydrogen-bond donors (Lipinski definition) is 1. The Kier molecular flexibility index (Phi) is 3.06. The lowest BCUT2D eigenvalue weighted by Crippen LogP contribution is -2.30. The summed E-state index contributed by atoms with van der Waals surface area (Å²) in [6, 6.07) is 6.46. The SMILES string of the molecule is COCCc1ccc2sc3c(c2c1)CCNC3=O. The normalized spacial score (nSPS) is 14.6. The summed E-state index contributed by atoms with van der Waals surface area (Å²) >= 11 is 1.60. The summed E-state index contributed by atoms with van der Waals surface area (Å²) in [7, 11) is 1.72. The number of amides is 1. The van der Waals surface area contributed by atoms with Gasteiger partial charge < -0.3 is 10.1 Å². The first-order valence-electron chi connectivity index (χ1n) is 6.11. The summed E-state index contributed by atoms with van der Waals surface area (Å²) in [5.74, 6) is 0.0795. The quantitative estimate of drug-likeness (QED) is 0.921. The fraction of sp³-hybridized carbons (Fsp3) is 0.357. The second kappa shape index (κ2) is 4.71. The van der Waals surface area contributed by atoms with Gasteiger partial charge in [0.25, 0.3) is 5.91 Å². The first-order valence-corrected chi connectivity index (χ1v) is 6.92. The van der Waals surface area contributed by atoms with E-state index in [9.17, 15) is 4.79 Å². The van der Waals surface area contributed by atoms with Gasteiger partial charge in [-0.25, -0.2) is 0 Å². The van der Waals surface area contributed by atoms with Gasteiger partial charge in [-0.1, -0.05) is 6.07 Å². The highest BCUT2D eigenvalue weighted by Gasteiger charge is 2.21. The molecule has 3 rings (SSSR count). The molecule has 18 heavy (non-hydrogen) atoms. The lowest BCUT2D eigenvalue weighted by Gasteiger charge is -2.12. The van der Waals surface area contributed by atoms with E-state index < -0.39 is 0 Å². The van der Waals surface area contributed by atoms with Crippen LogP contribution in [-0.2, 0) is 17.6 Å². The lowest BCUT2D eigenvalue weighted by atomic mass is 10.0. The fourth-order valence-corrected chi connectivity index (χ4v) is 3.53. The number of ether oxygens (including phenoxy) is 1. The summed E-state index contributed by atoms with van der Waals surface area (Å²) in [6.07, 6.45) is 1.86. The predicted octanol–water partition coefficient (Wildman–Crippen LogP) is 2.38. The van der Waals surface area contributed by atoms with E-state index in [-0.39, 0.29) is 5.91 Å². The van der Waals surface area contributed by atoms with Crippen LogP contribution in [-0.4, -0.2) is 26.2 Å². The molecule has 1 aromatic carbocycles. The average Bonchev–Trinajstić information content (AvgIpc) is 2.76. The Morgan fingerprint density at radius 1 is 1.44 bits per heavy atom. The third kappa shape index (κ3) is 1.91. The Morgan fingerprint density at radius 3 is 3.17 bits per heavy atom. The molecule has 0 fully saturated rings. The Labute approximate surface area is 110 Å². The minimum absolute atomic E-state index is 0.0795. The molecule has 0 saturated heterocycles. The van der Waals surface area contributed by atoms with Crippen molar-refractivity contribution >= 4 is 27.3 Å². The van der Waals surface area contributed by atoms with E-state index in [1.54, 1.807) is 18.4 Å². The molecule has 0 bridgehead atoms. The maximum atomic E-state index is 11.8. The molecule has 1 aliphatic heterocycles. The highest BCUT2D eigenvalue weighted by Crippen LogP contribution is 2.33. The molecule has 0 atom stereocenters. The standard InChI is InChI=1S/C14H15NO2S/c1-17-7-5-9-2-3-12-11(8-9)10-4-6-15-14(16)13(10)18-12/h2-3,8H,4-7H2,1H3,(H,15,16). The molecule has 1 aromatic heterocycles. The van der Waals surface area contributed by atoms with Crippen LogP contribution in [0.5, 0.6) is 0 Å². The fourth-order valence-electron chi connectivity index (χ4n) is 2.38. The van der Waals surface area contributed by atoms with Gasteiger partial charge in [-0.3, -0.25) is 4.79 Å². The molecule has 0 spiro atoms. The van der Waals surface area contributed by atoms with Crippen molar-refractivity contribution in [2.75, 3.05) is 20.3 Å². The van der Waals surface area contributed by atoms with Crippen molar-refractivity contribution in [3.63, 3.8) is 0 Å². The first kappa shape index (κ1) is 11.7. The molecule has 0 aliphatic carbocycles. The van der Waals surface area contributed by atoms with E-state index >= 15 is 0 Å². The smallest absolute Gasteiger partial charge is 0.261 e. The molecular weight excluding hydrogens is 246 g/mol. The van der Waals surface area contributed by atoms with Crippen molar-refractivity contribution < 1.29 is 9.53 Å². The number of nitrogens with one attached hydrogen (secondary N) is 1. The lowest BCUT2D eigenvalue weighted by molar-refractivity contribution is 0.0951. The van der Waals surface area contributed by atoms with Gasteiger partial charge in [-0.15, -0.1) is 11.3 Å². The summed E-state index contributed by atoms with van der Waals surface area (Å²) < 4.78 is 6.31. The van der Waals surface area contributed by atoms with Crippen molar-refractivity contribution in [2.45, 2.75) is 12.8 Å². The van der Waals surface area contributed by atoms with Gasteiger partial charge in [0.2, 0.25) is 0 Å². The first-order chi connectivity index (χ1) is 8.79. The van der Waals surface area contributed by atoms with E-state index in [2.05, 4.69) is 23.5 Å². The van der Waals surface area contributed by atoms with Gasteiger partial charge in [-0.2, -0.15) is 0 Å². The van der Waals surface area contributed by atoms with Crippen LogP contribution in [0.15, 0.2) is 18.2 Å². The Hall–Kier alpha value is -1.39. The number of hydrogen-bond acceptors (Lipinski definition) is 3. The molecule has 0 saturated carbocycles. The van der Waals surface area contributed by atoms with Crippen molar-refractivity contribution in [3.05, 3.63) is 34.2 Å². The highest BCUT2D eigenvalue weighted by molar-refractivity contribution is 7.21. The summed E-state index contributed by atoms with van der Waals surface area (Å²) in [5.41, 5.74) is 2.49. The minimum atomic E-state index is 0.0795. The zero-order valence-electron chi connectivity index (χ0n) is 10.3. The van der Waals surface area contributed by atoms with E-state index in [4.69, 9.17) is 4.74 Å². The van der Waals surface area contributed by atoms with Gasteiger partial charge in [0.1, 0.15) is 0 Å². The van der Waals surface area contributed by atoms with Crippen molar-refractivity contribution in [1.82, 2.24) is 5.32 Å². The highest BCUT2D eigenvalue weighted by atomic mass is 32.1. The zero-order valence-corrected chi connectivity index (χ0v) is 11.1. The molecule has 1 amide bonds. The molecule has 1 aliphatic rings. The number of methoxy groups -OCH3 is 1. The van der Waals surface area contributed by atoms with Crippen LogP contribution in [0.1, 0.15) is 20.8 Å². The number of thiophene rings is 1. The Morgan fingerprint density at radius 2 is 2.33 bits per heavy atom. The van der Waals surface area contributed by atoms with Crippen molar-refractivity contribution in [3.8, 4) is 0 Å². The molecule has 1 N–H and O–H groups in total. The third-order valence-electron chi connectivity index (χ3n) is 3.32. The van der Waals surface area contributed by atoms with E-state index in [0.29, 0.717) is 0 Å². The number of fused-ring (bicyclic) bond motifs is 3. The number of benzene rings is 1. The van der Waals surface area contributed by atoms with Gasteiger partial charge in [0, 0.05) is 18.4 Å². The molecule has 2 heterocycles. The van der Waals surface area contributed by atoms with Gasteiger partial charge >= 0.3 is 0 Å². The molecule has 94 valence electrons. The van der Waals surface area contributed by atoms with E-state index in [1.165, 1.54) is 21.2 Å². The Balaban J connectivity index is 2.07. The largest absolute Gasteiger partial charge is 0.384 e. The summed E-state index contributed by atoms with van der Waals surface area (Å²) in [4.78, 5) is 12.7. The number of carbonyl (C=O) groups excluding carboxylic acids is 1. The zero-order chi connectivity index (χ0) is 12.5. The van der Waals surface area contributed by atoms with Crippen LogP contribution >= 0.6 is 11.3 Å². The summed E-state index contributed by atoms with van der Waals surface area (Å²) in [6.45, 7) is 1.48. The van der Waals surface area contributed by atoms with Gasteiger partial charge in [-0.05, 0) is 41.5 Å². The van der Waals surface area contributed by atoms with Crippen molar-refractivity contribution in [2.24, 2.45) is 0 Å². The molecule has 2 aromatic rings. The molecule has 0 unspecified atom stereocenters. The molecule has 3 nitrogen and oxygen atoms in total.